The molecule has 1 fully saturated rings. The van der Waals surface area contributed by atoms with Crippen molar-refractivity contribution in [2.75, 3.05) is 26.2 Å². The molecule has 0 unspecified atom stereocenters. The minimum atomic E-state index is -1.11. The van der Waals surface area contributed by atoms with E-state index in [0.717, 1.165) is 12.1 Å². The first-order valence-corrected chi connectivity index (χ1v) is 6.97. The van der Waals surface area contributed by atoms with E-state index >= 15 is 0 Å². The van der Waals surface area contributed by atoms with E-state index in [0.29, 0.717) is 32.6 Å². The quantitative estimate of drug-likeness (QED) is 0.746. The van der Waals surface area contributed by atoms with E-state index in [1.165, 1.54) is 11.8 Å². The normalized spacial score (nSPS) is 15.8. The molecular weight excluding hydrogens is 302 g/mol. The molecule has 1 aliphatic heterocycles. The van der Waals surface area contributed by atoms with Gasteiger partial charge in [0.05, 0.1) is 10.6 Å². The number of halogens is 3. The van der Waals surface area contributed by atoms with Gasteiger partial charge < -0.3 is 9.80 Å². The molecule has 1 heterocycles. The molecule has 0 spiro atoms. The highest BCUT2D eigenvalue weighted by Gasteiger charge is 2.24. The van der Waals surface area contributed by atoms with Crippen LogP contribution in [-0.4, -0.2) is 47.8 Å². The van der Waals surface area contributed by atoms with Crippen LogP contribution < -0.4 is 0 Å². The number of hydrogen-bond acceptors (Lipinski definition) is 2. The van der Waals surface area contributed by atoms with Crippen LogP contribution in [0.4, 0.5) is 8.78 Å². The van der Waals surface area contributed by atoms with E-state index in [9.17, 15) is 18.4 Å². The van der Waals surface area contributed by atoms with Crippen molar-refractivity contribution in [3.63, 3.8) is 0 Å². The summed E-state index contributed by atoms with van der Waals surface area (Å²) in [6, 6.07) is 1.61. The summed E-state index contributed by atoms with van der Waals surface area (Å²) >= 11 is 5.82. The predicted octanol–water partition coefficient (Wildman–Crippen LogP) is 2.31. The average Bonchev–Trinajstić information content (AvgIpc) is 2.68. The summed E-state index contributed by atoms with van der Waals surface area (Å²) in [7, 11) is 0. The first-order valence-electron chi connectivity index (χ1n) is 6.59. The van der Waals surface area contributed by atoms with Crippen molar-refractivity contribution in [2.45, 2.75) is 13.3 Å². The van der Waals surface area contributed by atoms with Crippen molar-refractivity contribution in [3.05, 3.63) is 34.4 Å². The lowest BCUT2D eigenvalue weighted by atomic mass is 10.1. The minimum absolute atomic E-state index is 0.0461. The van der Waals surface area contributed by atoms with Crippen LogP contribution in [0.25, 0.3) is 0 Å². The lowest BCUT2D eigenvalue weighted by molar-refractivity contribution is -0.128. The number of hydrogen-bond donors (Lipinski definition) is 0. The number of carbonyl (C=O) groups excluding carboxylic acids is 2. The first kappa shape index (κ1) is 15.7. The van der Waals surface area contributed by atoms with E-state index in [1.807, 2.05) is 0 Å². The van der Waals surface area contributed by atoms with Crippen molar-refractivity contribution in [3.8, 4) is 0 Å². The van der Waals surface area contributed by atoms with Crippen molar-refractivity contribution >= 4 is 23.4 Å². The van der Waals surface area contributed by atoms with E-state index in [2.05, 4.69) is 0 Å². The van der Waals surface area contributed by atoms with E-state index < -0.39 is 17.5 Å². The van der Waals surface area contributed by atoms with Crippen LogP contribution >= 0.6 is 11.6 Å². The van der Waals surface area contributed by atoms with Gasteiger partial charge in [0, 0.05) is 33.1 Å². The SMILES string of the molecule is CC(=O)N1CCCN(C(=O)c2cc(F)c(F)cc2Cl)CC1. The van der Waals surface area contributed by atoms with Crippen LogP contribution in [0.5, 0.6) is 0 Å². The zero-order chi connectivity index (χ0) is 15.6. The molecule has 0 N–H and O–H groups in total. The van der Waals surface area contributed by atoms with Crippen LogP contribution in [0, 0.1) is 11.6 Å². The van der Waals surface area contributed by atoms with Crippen molar-refractivity contribution < 1.29 is 18.4 Å². The molecule has 1 aromatic carbocycles. The highest BCUT2D eigenvalue weighted by Crippen LogP contribution is 2.22. The zero-order valence-corrected chi connectivity index (χ0v) is 12.3. The minimum Gasteiger partial charge on any atom is -0.341 e. The van der Waals surface area contributed by atoms with Crippen LogP contribution in [0.1, 0.15) is 23.7 Å². The third kappa shape index (κ3) is 3.50. The number of carbonyl (C=O) groups is 2. The highest BCUT2D eigenvalue weighted by atomic mass is 35.5. The molecule has 1 saturated heterocycles. The van der Waals surface area contributed by atoms with Gasteiger partial charge in [-0.1, -0.05) is 11.6 Å². The molecule has 1 aliphatic rings. The molecule has 21 heavy (non-hydrogen) atoms. The number of rotatable bonds is 1. The average molecular weight is 317 g/mol. The van der Waals surface area contributed by atoms with Gasteiger partial charge in [0.15, 0.2) is 11.6 Å². The van der Waals surface area contributed by atoms with E-state index in [1.54, 1.807) is 4.90 Å². The molecule has 2 amide bonds. The summed E-state index contributed by atoms with van der Waals surface area (Å²) < 4.78 is 26.3. The van der Waals surface area contributed by atoms with Crippen LogP contribution in [0.2, 0.25) is 5.02 Å². The Labute approximate surface area is 126 Å². The van der Waals surface area contributed by atoms with Crippen molar-refractivity contribution in [1.29, 1.82) is 0 Å². The molecule has 0 radical (unpaired) electrons. The molecule has 4 nitrogen and oxygen atoms in total. The predicted molar refractivity (Wildman–Crippen MR) is 74.1 cm³/mol. The Morgan fingerprint density at radius 2 is 1.62 bits per heavy atom. The number of nitrogens with zero attached hydrogens (tertiary/aromatic N) is 2. The van der Waals surface area contributed by atoms with E-state index in [4.69, 9.17) is 11.6 Å². The van der Waals surface area contributed by atoms with Crippen LogP contribution in [0.3, 0.4) is 0 Å². The summed E-state index contributed by atoms with van der Waals surface area (Å²) in [5.74, 6) is -2.70. The lowest BCUT2D eigenvalue weighted by Gasteiger charge is -2.22. The number of benzene rings is 1. The Hall–Kier alpha value is -1.69. The van der Waals surface area contributed by atoms with Gasteiger partial charge in [-0.15, -0.1) is 0 Å². The first-order chi connectivity index (χ1) is 9.90. The Kier molecular flexibility index (Phi) is 4.77. The molecule has 2 rings (SSSR count). The van der Waals surface area contributed by atoms with Crippen molar-refractivity contribution in [1.82, 2.24) is 9.80 Å². The molecule has 1 aromatic rings. The largest absolute Gasteiger partial charge is 0.341 e. The summed E-state index contributed by atoms with van der Waals surface area (Å²) in [6.07, 6.45) is 0.632. The molecule has 0 atom stereocenters. The standard InChI is InChI=1S/C14H15ClF2N2O2/c1-9(20)18-3-2-4-19(6-5-18)14(21)10-7-12(16)13(17)8-11(10)15/h7-8H,2-6H2,1H3. The Morgan fingerprint density at radius 3 is 2.29 bits per heavy atom. The summed E-state index contributed by atoms with van der Waals surface area (Å²) in [4.78, 5) is 26.9. The van der Waals surface area contributed by atoms with Gasteiger partial charge in [0.2, 0.25) is 5.91 Å². The molecule has 0 aliphatic carbocycles. The van der Waals surface area contributed by atoms with E-state index in [-0.39, 0.29) is 16.5 Å². The fourth-order valence-electron chi connectivity index (χ4n) is 2.29. The molecule has 0 bridgehead atoms. The van der Waals surface area contributed by atoms with Crippen LogP contribution in [-0.2, 0) is 4.79 Å². The van der Waals surface area contributed by atoms with Gasteiger partial charge in [-0.25, -0.2) is 8.78 Å². The fourth-order valence-corrected chi connectivity index (χ4v) is 2.52. The van der Waals surface area contributed by atoms with Crippen LogP contribution in [0.15, 0.2) is 12.1 Å². The Balaban J connectivity index is 2.17. The highest BCUT2D eigenvalue weighted by molar-refractivity contribution is 6.33. The molecule has 7 heteroatoms. The monoisotopic (exact) mass is 316 g/mol. The second-order valence-electron chi connectivity index (χ2n) is 4.90. The lowest BCUT2D eigenvalue weighted by Crippen LogP contribution is -2.36. The number of amides is 2. The van der Waals surface area contributed by atoms with Crippen molar-refractivity contribution in [2.24, 2.45) is 0 Å². The maximum atomic E-state index is 13.3. The second kappa shape index (κ2) is 6.39. The van der Waals surface area contributed by atoms with Gasteiger partial charge in [-0.05, 0) is 18.6 Å². The smallest absolute Gasteiger partial charge is 0.255 e. The fraction of sp³-hybridized carbons (Fsp3) is 0.429. The third-order valence-corrected chi connectivity index (χ3v) is 3.78. The molecule has 0 aromatic heterocycles. The third-order valence-electron chi connectivity index (χ3n) is 3.47. The van der Waals surface area contributed by atoms with Gasteiger partial charge >= 0.3 is 0 Å². The van der Waals surface area contributed by atoms with Gasteiger partial charge in [-0.2, -0.15) is 0 Å². The van der Waals surface area contributed by atoms with Gasteiger partial charge in [-0.3, -0.25) is 9.59 Å². The maximum Gasteiger partial charge on any atom is 0.255 e. The summed E-state index contributed by atoms with van der Waals surface area (Å²) in [5, 5.41) is -0.119. The zero-order valence-electron chi connectivity index (χ0n) is 11.5. The topological polar surface area (TPSA) is 40.6 Å². The Bertz CT molecular complexity index is 580. The summed E-state index contributed by atoms with van der Waals surface area (Å²) in [6.45, 7) is 3.25. The van der Waals surface area contributed by atoms with Gasteiger partial charge in [0.25, 0.3) is 5.91 Å². The summed E-state index contributed by atoms with van der Waals surface area (Å²) in [5.41, 5.74) is -0.0631. The Morgan fingerprint density at radius 1 is 1.05 bits per heavy atom. The molecular formula is C14H15ClF2N2O2. The second-order valence-corrected chi connectivity index (χ2v) is 5.31. The maximum absolute atomic E-state index is 13.3. The molecule has 114 valence electrons. The molecule has 0 saturated carbocycles. The van der Waals surface area contributed by atoms with Gasteiger partial charge in [0.1, 0.15) is 0 Å².